The second-order valence-electron chi connectivity index (χ2n) is 5.43. The Hall–Kier alpha value is -1.65. The second-order valence-corrected chi connectivity index (χ2v) is 5.43. The Labute approximate surface area is 121 Å². The lowest BCUT2D eigenvalue weighted by molar-refractivity contribution is 0.328. The molecule has 0 fully saturated rings. The summed E-state index contributed by atoms with van der Waals surface area (Å²) < 4.78 is 0. The molecule has 4 heteroatoms. The lowest BCUT2D eigenvalue weighted by Gasteiger charge is -2.16. The van der Waals surface area contributed by atoms with Gasteiger partial charge in [-0.15, -0.1) is 0 Å². The number of rotatable bonds is 6. The van der Waals surface area contributed by atoms with Crippen molar-refractivity contribution in [3.05, 3.63) is 41.1 Å². The summed E-state index contributed by atoms with van der Waals surface area (Å²) in [5.74, 6) is 0. The number of benzene rings is 1. The Morgan fingerprint density at radius 1 is 1.30 bits per heavy atom. The molecule has 0 aliphatic rings. The Bertz CT molecular complexity index is 559. The minimum atomic E-state index is 0.904. The first-order chi connectivity index (χ1) is 9.61. The number of aryl methyl sites for hydroxylation is 2. The molecule has 2 aromatic rings. The van der Waals surface area contributed by atoms with Crippen LogP contribution in [0.15, 0.2) is 24.4 Å². The Morgan fingerprint density at radius 3 is 2.80 bits per heavy atom. The minimum Gasteiger partial charge on any atom is -0.318 e. The number of nitrogens with zero attached hydrogens (tertiary/aromatic N) is 2. The van der Waals surface area contributed by atoms with Crippen molar-refractivity contribution in [3.63, 3.8) is 0 Å². The van der Waals surface area contributed by atoms with Crippen molar-refractivity contribution in [1.82, 2.24) is 20.4 Å². The third-order valence-corrected chi connectivity index (χ3v) is 3.55. The molecule has 0 bridgehead atoms. The molecule has 0 amide bonds. The van der Waals surface area contributed by atoms with Crippen molar-refractivity contribution in [2.45, 2.75) is 20.4 Å². The van der Waals surface area contributed by atoms with Gasteiger partial charge >= 0.3 is 0 Å². The maximum atomic E-state index is 4.23. The van der Waals surface area contributed by atoms with Gasteiger partial charge in [0.15, 0.2) is 0 Å². The Balaban J connectivity index is 2.20. The summed E-state index contributed by atoms with van der Waals surface area (Å²) in [5.41, 5.74) is 6.20. The zero-order valence-corrected chi connectivity index (χ0v) is 12.8. The van der Waals surface area contributed by atoms with E-state index in [9.17, 15) is 0 Å². The standard InChI is InChI=1S/C16H24N4/c1-12-5-6-15(13(2)9-12)16-14(10-18-19-16)11-20(4)8-7-17-3/h5-6,9-10,17H,7-8,11H2,1-4H3,(H,18,19). The van der Waals surface area contributed by atoms with Gasteiger partial charge in [0.1, 0.15) is 0 Å². The third kappa shape index (κ3) is 3.46. The van der Waals surface area contributed by atoms with Crippen LogP contribution in [-0.4, -0.2) is 42.3 Å². The van der Waals surface area contributed by atoms with Gasteiger partial charge in [0.2, 0.25) is 0 Å². The van der Waals surface area contributed by atoms with Crippen LogP contribution < -0.4 is 5.32 Å². The molecule has 0 aliphatic carbocycles. The van der Waals surface area contributed by atoms with Crippen molar-refractivity contribution in [2.75, 3.05) is 27.2 Å². The van der Waals surface area contributed by atoms with Gasteiger partial charge in [-0.2, -0.15) is 5.10 Å². The van der Waals surface area contributed by atoms with Crippen LogP contribution in [0.4, 0.5) is 0 Å². The van der Waals surface area contributed by atoms with Gasteiger partial charge in [-0.25, -0.2) is 0 Å². The molecule has 0 unspecified atom stereocenters. The maximum Gasteiger partial charge on any atom is 0.0697 e. The summed E-state index contributed by atoms with van der Waals surface area (Å²) in [6.45, 7) is 7.19. The molecule has 1 heterocycles. The minimum absolute atomic E-state index is 0.904. The molecule has 2 N–H and O–H groups in total. The van der Waals surface area contributed by atoms with Gasteiger partial charge in [0.25, 0.3) is 0 Å². The van der Waals surface area contributed by atoms with E-state index in [4.69, 9.17) is 0 Å². The van der Waals surface area contributed by atoms with E-state index in [1.54, 1.807) is 0 Å². The number of likely N-dealkylation sites (N-methyl/N-ethyl adjacent to an activating group) is 2. The second kappa shape index (κ2) is 6.68. The fourth-order valence-corrected chi connectivity index (χ4v) is 2.43. The van der Waals surface area contributed by atoms with E-state index >= 15 is 0 Å². The number of aromatic amines is 1. The van der Waals surface area contributed by atoms with E-state index < -0.39 is 0 Å². The molecule has 0 saturated heterocycles. The first-order valence-corrected chi connectivity index (χ1v) is 7.05. The summed E-state index contributed by atoms with van der Waals surface area (Å²) in [7, 11) is 4.11. The van der Waals surface area contributed by atoms with E-state index in [-0.39, 0.29) is 0 Å². The van der Waals surface area contributed by atoms with Gasteiger partial charge in [-0.05, 0) is 33.5 Å². The highest BCUT2D eigenvalue weighted by molar-refractivity contribution is 5.66. The van der Waals surface area contributed by atoms with Crippen molar-refractivity contribution in [2.24, 2.45) is 0 Å². The highest BCUT2D eigenvalue weighted by Crippen LogP contribution is 2.26. The number of nitrogens with one attached hydrogen (secondary N) is 2. The molecule has 4 nitrogen and oxygen atoms in total. The monoisotopic (exact) mass is 272 g/mol. The summed E-state index contributed by atoms with van der Waals surface area (Å²) in [6, 6.07) is 6.54. The lowest BCUT2D eigenvalue weighted by Crippen LogP contribution is -2.27. The van der Waals surface area contributed by atoms with Gasteiger partial charge in [0, 0.05) is 30.8 Å². The molecule has 1 aromatic carbocycles. The molecule has 0 saturated carbocycles. The average Bonchev–Trinajstić information content (AvgIpc) is 2.84. The zero-order chi connectivity index (χ0) is 14.5. The molecular weight excluding hydrogens is 248 g/mol. The van der Waals surface area contributed by atoms with Crippen LogP contribution in [0.5, 0.6) is 0 Å². The third-order valence-electron chi connectivity index (χ3n) is 3.55. The molecule has 0 aliphatic heterocycles. The number of hydrogen-bond donors (Lipinski definition) is 2. The summed E-state index contributed by atoms with van der Waals surface area (Å²) in [5, 5.41) is 10.6. The lowest BCUT2D eigenvalue weighted by atomic mass is 10.0. The fraction of sp³-hybridized carbons (Fsp3) is 0.438. The van der Waals surface area contributed by atoms with Crippen LogP contribution >= 0.6 is 0 Å². The topological polar surface area (TPSA) is 44.0 Å². The van der Waals surface area contributed by atoms with Crippen molar-refractivity contribution in [1.29, 1.82) is 0 Å². The molecule has 2 rings (SSSR count). The Morgan fingerprint density at radius 2 is 2.10 bits per heavy atom. The summed E-state index contributed by atoms with van der Waals surface area (Å²) in [4.78, 5) is 2.30. The van der Waals surface area contributed by atoms with E-state index in [0.717, 1.165) is 25.3 Å². The smallest absolute Gasteiger partial charge is 0.0697 e. The maximum absolute atomic E-state index is 4.23. The zero-order valence-electron chi connectivity index (χ0n) is 12.8. The average molecular weight is 272 g/mol. The quantitative estimate of drug-likeness (QED) is 0.848. The predicted molar refractivity (Wildman–Crippen MR) is 83.8 cm³/mol. The SMILES string of the molecule is CNCCN(C)Cc1cn[nH]c1-c1ccc(C)cc1C. The largest absolute Gasteiger partial charge is 0.318 e. The normalized spacial score (nSPS) is 11.2. The van der Waals surface area contributed by atoms with Crippen LogP contribution in [-0.2, 0) is 6.54 Å². The highest BCUT2D eigenvalue weighted by atomic mass is 15.1. The van der Waals surface area contributed by atoms with Gasteiger partial charge < -0.3 is 10.2 Å². The van der Waals surface area contributed by atoms with Crippen molar-refractivity contribution >= 4 is 0 Å². The van der Waals surface area contributed by atoms with E-state index in [0.29, 0.717) is 0 Å². The molecule has 0 radical (unpaired) electrons. The molecule has 0 atom stereocenters. The first kappa shape index (κ1) is 14.8. The van der Waals surface area contributed by atoms with Crippen LogP contribution in [0, 0.1) is 13.8 Å². The van der Waals surface area contributed by atoms with Crippen LogP contribution in [0.1, 0.15) is 16.7 Å². The molecule has 0 spiro atoms. The molecular formula is C16H24N4. The van der Waals surface area contributed by atoms with Gasteiger partial charge in [-0.1, -0.05) is 23.8 Å². The summed E-state index contributed by atoms with van der Waals surface area (Å²) in [6.07, 6.45) is 1.94. The fourth-order valence-electron chi connectivity index (χ4n) is 2.43. The molecule has 1 aromatic heterocycles. The number of hydrogen-bond acceptors (Lipinski definition) is 3. The number of H-pyrrole nitrogens is 1. The van der Waals surface area contributed by atoms with Crippen LogP contribution in [0.25, 0.3) is 11.3 Å². The predicted octanol–water partition coefficient (Wildman–Crippen LogP) is 2.34. The number of aromatic nitrogens is 2. The Kier molecular flexibility index (Phi) is 4.93. The van der Waals surface area contributed by atoms with E-state index in [2.05, 4.69) is 59.5 Å². The van der Waals surface area contributed by atoms with Crippen molar-refractivity contribution in [3.8, 4) is 11.3 Å². The van der Waals surface area contributed by atoms with Gasteiger partial charge in [-0.3, -0.25) is 5.10 Å². The molecule has 20 heavy (non-hydrogen) atoms. The highest BCUT2D eigenvalue weighted by Gasteiger charge is 2.11. The summed E-state index contributed by atoms with van der Waals surface area (Å²) >= 11 is 0. The van der Waals surface area contributed by atoms with E-state index in [1.807, 2.05) is 13.2 Å². The first-order valence-electron chi connectivity index (χ1n) is 7.05. The van der Waals surface area contributed by atoms with E-state index in [1.165, 1.54) is 22.3 Å². The van der Waals surface area contributed by atoms with Crippen molar-refractivity contribution < 1.29 is 0 Å². The van der Waals surface area contributed by atoms with Crippen LogP contribution in [0.3, 0.4) is 0 Å². The molecule has 108 valence electrons. The van der Waals surface area contributed by atoms with Gasteiger partial charge in [0.05, 0.1) is 11.9 Å². The van der Waals surface area contributed by atoms with Crippen LogP contribution in [0.2, 0.25) is 0 Å².